The summed E-state index contributed by atoms with van der Waals surface area (Å²) in [4.78, 5) is 12.1. The Morgan fingerprint density at radius 1 is 1.12 bits per heavy atom. The van der Waals surface area contributed by atoms with Crippen molar-refractivity contribution < 1.29 is 0 Å². The monoisotopic (exact) mass is 275 g/mol. The Bertz CT molecular complexity index is 336. The SMILES string of the molecule is CNc1nc(Cl)nc(NCCCCCSC)n1. The normalized spacial score (nSPS) is 10.3. The highest BCUT2D eigenvalue weighted by Gasteiger charge is 2.02. The fourth-order valence-electron chi connectivity index (χ4n) is 1.29. The molecule has 0 fully saturated rings. The van der Waals surface area contributed by atoms with Crippen LogP contribution in [0.1, 0.15) is 19.3 Å². The number of anilines is 2. The first kappa shape index (κ1) is 14.3. The number of rotatable bonds is 8. The average molecular weight is 276 g/mol. The Balaban J connectivity index is 2.28. The summed E-state index contributed by atoms with van der Waals surface area (Å²) in [5, 5.41) is 6.18. The molecule has 1 aromatic heterocycles. The average Bonchev–Trinajstić information content (AvgIpc) is 2.33. The van der Waals surface area contributed by atoms with Gasteiger partial charge in [0.05, 0.1) is 0 Å². The number of halogens is 1. The third kappa shape index (κ3) is 5.93. The van der Waals surface area contributed by atoms with Crippen LogP contribution in [0.2, 0.25) is 5.28 Å². The maximum atomic E-state index is 5.77. The minimum absolute atomic E-state index is 0.203. The maximum Gasteiger partial charge on any atom is 0.228 e. The van der Waals surface area contributed by atoms with E-state index in [9.17, 15) is 0 Å². The van der Waals surface area contributed by atoms with Crippen LogP contribution in [0.5, 0.6) is 0 Å². The molecule has 7 heteroatoms. The van der Waals surface area contributed by atoms with Gasteiger partial charge < -0.3 is 10.6 Å². The van der Waals surface area contributed by atoms with E-state index in [1.165, 1.54) is 18.6 Å². The zero-order chi connectivity index (χ0) is 12.5. The second kappa shape index (κ2) is 8.36. The van der Waals surface area contributed by atoms with Crippen molar-refractivity contribution >= 4 is 35.3 Å². The van der Waals surface area contributed by atoms with Crippen molar-refractivity contribution in [1.82, 2.24) is 15.0 Å². The molecular weight excluding hydrogens is 258 g/mol. The fraction of sp³-hybridized carbons (Fsp3) is 0.700. The van der Waals surface area contributed by atoms with Crippen molar-refractivity contribution in [2.75, 3.05) is 36.2 Å². The van der Waals surface area contributed by atoms with Crippen LogP contribution < -0.4 is 10.6 Å². The molecule has 0 spiro atoms. The van der Waals surface area contributed by atoms with E-state index in [1.54, 1.807) is 7.05 Å². The third-order valence-corrected chi connectivity index (χ3v) is 3.01. The van der Waals surface area contributed by atoms with Crippen molar-refractivity contribution in [3.8, 4) is 0 Å². The molecule has 0 saturated carbocycles. The zero-order valence-corrected chi connectivity index (χ0v) is 11.7. The molecule has 0 aliphatic heterocycles. The van der Waals surface area contributed by atoms with Crippen LogP contribution >= 0.6 is 23.4 Å². The molecule has 2 N–H and O–H groups in total. The van der Waals surface area contributed by atoms with E-state index >= 15 is 0 Å². The number of nitrogens with zero attached hydrogens (tertiary/aromatic N) is 3. The number of hydrogen-bond acceptors (Lipinski definition) is 6. The van der Waals surface area contributed by atoms with E-state index in [0.29, 0.717) is 11.9 Å². The zero-order valence-electron chi connectivity index (χ0n) is 10.2. The van der Waals surface area contributed by atoms with E-state index < -0.39 is 0 Å². The number of aromatic nitrogens is 3. The van der Waals surface area contributed by atoms with Gasteiger partial charge in [-0.1, -0.05) is 6.42 Å². The first-order valence-corrected chi connectivity index (χ1v) is 7.35. The Morgan fingerprint density at radius 2 is 1.88 bits per heavy atom. The van der Waals surface area contributed by atoms with Crippen LogP contribution in [0, 0.1) is 0 Å². The summed E-state index contributed by atoms with van der Waals surface area (Å²) in [5.74, 6) is 2.23. The van der Waals surface area contributed by atoms with Crippen molar-refractivity contribution in [2.45, 2.75) is 19.3 Å². The van der Waals surface area contributed by atoms with Crippen LogP contribution in [0.4, 0.5) is 11.9 Å². The number of nitrogens with one attached hydrogen (secondary N) is 2. The van der Waals surface area contributed by atoms with Gasteiger partial charge in [-0.2, -0.15) is 26.7 Å². The second-order valence-electron chi connectivity index (χ2n) is 3.48. The highest BCUT2D eigenvalue weighted by Crippen LogP contribution is 2.09. The molecule has 0 amide bonds. The van der Waals surface area contributed by atoms with Crippen molar-refractivity contribution in [3.63, 3.8) is 0 Å². The van der Waals surface area contributed by atoms with E-state index in [1.807, 2.05) is 11.8 Å². The minimum atomic E-state index is 0.203. The van der Waals surface area contributed by atoms with Gasteiger partial charge in [-0.15, -0.1) is 0 Å². The third-order valence-electron chi connectivity index (χ3n) is 2.14. The molecule has 0 saturated heterocycles. The fourth-order valence-corrected chi connectivity index (χ4v) is 1.94. The van der Waals surface area contributed by atoms with Crippen molar-refractivity contribution in [1.29, 1.82) is 0 Å². The summed E-state index contributed by atoms with van der Waals surface area (Å²) in [6.45, 7) is 0.859. The predicted octanol–water partition coefficient (Wildman–Crippen LogP) is 2.51. The van der Waals surface area contributed by atoms with Crippen molar-refractivity contribution in [3.05, 3.63) is 5.28 Å². The molecule has 96 valence electrons. The first-order valence-electron chi connectivity index (χ1n) is 5.58. The largest absolute Gasteiger partial charge is 0.357 e. The molecule has 0 unspecified atom stereocenters. The van der Waals surface area contributed by atoms with Gasteiger partial charge in [-0.05, 0) is 36.5 Å². The highest BCUT2D eigenvalue weighted by atomic mass is 35.5. The second-order valence-corrected chi connectivity index (χ2v) is 4.81. The predicted molar refractivity (Wildman–Crippen MR) is 75.1 cm³/mol. The molecule has 1 heterocycles. The van der Waals surface area contributed by atoms with Crippen LogP contribution in [-0.2, 0) is 0 Å². The maximum absolute atomic E-state index is 5.77. The van der Waals surface area contributed by atoms with Gasteiger partial charge in [0, 0.05) is 13.6 Å². The van der Waals surface area contributed by atoms with Gasteiger partial charge in [0.2, 0.25) is 17.2 Å². The van der Waals surface area contributed by atoms with Gasteiger partial charge in [-0.3, -0.25) is 0 Å². The number of thioether (sulfide) groups is 1. The summed E-state index contributed by atoms with van der Waals surface area (Å²) < 4.78 is 0. The Hall–Kier alpha value is -0.750. The molecule has 0 aliphatic rings. The van der Waals surface area contributed by atoms with Gasteiger partial charge in [0.1, 0.15) is 0 Å². The molecule has 1 rings (SSSR count). The van der Waals surface area contributed by atoms with Crippen molar-refractivity contribution in [2.24, 2.45) is 0 Å². The van der Waals surface area contributed by atoms with Crippen LogP contribution in [-0.4, -0.2) is 40.6 Å². The summed E-state index contributed by atoms with van der Waals surface area (Å²) in [5.41, 5.74) is 0. The summed E-state index contributed by atoms with van der Waals surface area (Å²) >= 11 is 7.65. The minimum Gasteiger partial charge on any atom is -0.357 e. The summed E-state index contributed by atoms with van der Waals surface area (Å²) in [6, 6.07) is 0. The lowest BCUT2D eigenvalue weighted by Gasteiger charge is -2.06. The van der Waals surface area contributed by atoms with Crippen LogP contribution in [0.25, 0.3) is 0 Å². The van der Waals surface area contributed by atoms with E-state index in [0.717, 1.165) is 13.0 Å². The molecule has 0 radical (unpaired) electrons. The number of hydrogen-bond donors (Lipinski definition) is 2. The van der Waals surface area contributed by atoms with Crippen LogP contribution in [0.15, 0.2) is 0 Å². The first-order chi connectivity index (χ1) is 8.26. The molecule has 17 heavy (non-hydrogen) atoms. The summed E-state index contributed by atoms with van der Waals surface area (Å²) in [7, 11) is 1.75. The smallest absolute Gasteiger partial charge is 0.228 e. The summed E-state index contributed by atoms with van der Waals surface area (Å²) in [6.07, 6.45) is 5.71. The standard InChI is InChI=1S/C10H18ClN5S/c1-12-9-14-8(11)15-10(16-9)13-6-4-3-5-7-17-2/h3-7H2,1-2H3,(H2,12,13,14,15,16). The number of unbranched alkanes of at least 4 members (excludes halogenated alkanes) is 2. The lowest BCUT2D eigenvalue weighted by molar-refractivity contribution is 0.745. The molecular formula is C10H18ClN5S. The quantitative estimate of drug-likeness (QED) is 0.711. The molecule has 0 bridgehead atoms. The highest BCUT2D eigenvalue weighted by molar-refractivity contribution is 7.98. The Morgan fingerprint density at radius 3 is 2.59 bits per heavy atom. The Labute approximate surface area is 111 Å². The molecule has 0 atom stereocenters. The lowest BCUT2D eigenvalue weighted by Crippen LogP contribution is -2.08. The van der Waals surface area contributed by atoms with Gasteiger partial charge >= 0.3 is 0 Å². The molecule has 5 nitrogen and oxygen atoms in total. The van der Waals surface area contributed by atoms with Gasteiger partial charge in [-0.25, -0.2) is 0 Å². The van der Waals surface area contributed by atoms with E-state index in [4.69, 9.17) is 11.6 Å². The van der Waals surface area contributed by atoms with Gasteiger partial charge in [0.25, 0.3) is 0 Å². The molecule has 1 aromatic rings. The molecule has 0 aromatic carbocycles. The van der Waals surface area contributed by atoms with E-state index in [2.05, 4.69) is 31.8 Å². The Kier molecular flexibility index (Phi) is 7.04. The van der Waals surface area contributed by atoms with E-state index in [-0.39, 0.29) is 5.28 Å². The van der Waals surface area contributed by atoms with Crippen LogP contribution in [0.3, 0.4) is 0 Å². The van der Waals surface area contributed by atoms with Gasteiger partial charge in [0.15, 0.2) is 0 Å². The molecule has 0 aliphatic carbocycles. The lowest BCUT2D eigenvalue weighted by atomic mass is 10.2. The topological polar surface area (TPSA) is 62.7 Å².